The Balaban J connectivity index is 1.38. The van der Waals surface area contributed by atoms with E-state index in [1.54, 1.807) is 0 Å². The van der Waals surface area contributed by atoms with Crippen LogP contribution in [0, 0.1) is 0 Å². The molecular formula is C34H36N4O13. The summed E-state index contributed by atoms with van der Waals surface area (Å²) >= 11 is 0. The van der Waals surface area contributed by atoms with E-state index in [-0.39, 0.29) is 24.8 Å². The SMILES string of the molecule is CC(=O)OCC1O[C@@H](n2cc(CN(CC(=O)O)C(=O)OCC3c4ccccc4-c4ccccc43)nn2)C(OC(C)=O)C(OC(C)=O)[C@H]1OC(C)=O. The van der Waals surface area contributed by atoms with Crippen LogP contribution in [0.15, 0.2) is 54.7 Å². The van der Waals surface area contributed by atoms with Crippen LogP contribution in [0.3, 0.4) is 0 Å². The fourth-order valence-electron chi connectivity index (χ4n) is 6.16. The number of rotatable bonds is 12. The number of esters is 4. The molecule has 1 fully saturated rings. The average Bonchev–Trinajstić information content (AvgIpc) is 3.66. The van der Waals surface area contributed by atoms with E-state index in [2.05, 4.69) is 10.3 Å². The molecule has 3 aromatic rings. The fourth-order valence-corrected chi connectivity index (χ4v) is 6.16. The summed E-state index contributed by atoms with van der Waals surface area (Å²) in [6, 6.07) is 15.5. The Labute approximate surface area is 291 Å². The molecule has 0 radical (unpaired) electrons. The first kappa shape index (κ1) is 36.4. The van der Waals surface area contributed by atoms with Crippen LogP contribution in [-0.4, -0.2) is 105 Å². The monoisotopic (exact) mass is 708 g/mol. The van der Waals surface area contributed by atoms with Gasteiger partial charge in [0, 0.05) is 33.6 Å². The van der Waals surface area contributed by atoms with Crippen molar-refractivity contribution in [3.63, 3.8) is 0 Å². The number of ether oxygens (including phenoxy) is 6. The second-order valence-corrected chi connectivity index (χ2v) is 11.8. The van der Waals surface area contributed by atoms with Gasteiger partial charge in [0.15, 0.2) is 24.5 Å². The van der Waals surface area contributed by atoms with Crippen molar-refractivity contribution in [3.8, 4) is 11.1 Å². The number of aliphatic carboxylic acids is 1. The quantitative estimate of drug-likeness (QED) is 0.211. The highest BCUT2D eigenvalue weighted by Crippen LogP contribution is 2.44. The summed E-state index contributed by atoms with van der Waals surface area (Å²) in [6.45, 7) is 2.83. The summed E-state index contributed by atoms with van der Waals surface area (Å²) in [5.41, 5.74) is 4.08. The lowest BCUT2D eigenvalue weighted by atomic mass is 9.97. The topological polar surface area (TPSA) is 212 Å². The average molecular weight is 709 g/mol. The van der Waals surface area contributed by atoms with Crippen molar-refractivity contribution in [1.29, 1.82) is 0 Å². The number of carbonyl (C=O) groups is 6. The second-order valence-electron chi connectivity index (χ2n) is 11.8. The molecule has 0 bridgehead atoms. The van der Waals surface area contributed by atoms with Gasteiger partial charge < -0.3 is 33.5 Å². The molecule has 17 heteroatoms. The van der Waals surface area contributed by atoms with E-state index >= 15 is 0 Å². The van der Waals surface area contributed by atoms with Crippen molar-refractivity contribution < 1.29 is 62.3 Å². The summed E-state index contributed by atoms with van der Waals surface area (Å²) in [6.07, 6.45) is -6.55. The molecule has 3 unspecified atom stereocenters. The number of carboxylic acid groups (broad SMARTS) is 1. The first-order chi connectivity index (χ1) is 24.3. The number of aromatic nitrogens is 3. The van der Waals surface area contributed by atoms with E-state index in [9.17, 15) is 33.9 Å². The molecule has 1 N–H and O–H groups in total. The van der Waals surface area contributed by atoms with E-state index in [1.807, 2.05) is 48.5 Å². The smallest absolute Gasteiger partial charge is 0.410 e. The molecule has 1 amide bonds. The maximum atomic E-state index is 13.4. The number of carbonyl (C=O) groups excluding carboxylic acids is 5. The van der Waals surface area contributed by atoms with Gasteiger partial charge in [-0.3, -0.25) is 28.9 Å². The van der Waals surface area contributed by atoms with Gasteiger partial charge in [-0.1, -0.05) is 53.7 Å². The summed E-state index contributed by atoms with van der Waals surface area (Å²) in [7, 11) is 0. The lowest BCUT2D eigenvalue weighted by molar-refractivity contribution is -0.270. The Morgan fingerprint density at radius 1 is 0.765 bits per heavy atom. The van der Waals surface area contributed by atoms with Crippen molar-refractivity contribution >= 4 is 35.9 Å². The van der Waals surface area contributed by atoms with Crippen LogP contribution in [0.4, 0.5) is 4.79 Å². The largest absolute Gasteiger partial charge is 0.480 e. The normalized spacial score (nSPS) is 20.7. The third kappa shape index (κ3) is 8.67. The summed E-state index contributed by atoms with van der Waals surface area (Å²) in [5.74, 6) is -4.67. The molecule has 0 saturated carbocycles. The van der Waals surface area contributed by atoms with E-state index in [0.717, 1.165) is 59.5 Å². The fraction of sp³-hybridized carbons (Fsp3) is 0.412. The van der Waals surface area contributed by atoms with E-state index in [4.69, 9.17) is 28.4 Å². The lowest BCUT2D eigenvalue weighted by Gasteiger charge is -2.44. The maximum Gasteiger partial charge on any atom is 0.410 e. The Hall–Kier alpha value is -5.84. The van der Waals surface area contributed by atoms with Gasteiger partial charge in [-0.2, -0.15) is 0 Å². The van der Waals surface area contributed by atoms with Gasteiger partial charge in [0.05, 0.1) is 12.7 Å². The van der Waals surface area contributed by atoms with Gasteiger partial charge in [0.25, 0.3) is 0 Å². The van der Waals surface area contributed by atoms with Gasteiger partial charge >= 0.3 is 35.9 Å². The predicted molar refractivity (Wildman–Crippen MR) is 170 cm³/mol. The van der Waals surface area contributed by atoms with Crippen molar-refractivity contribution in [3.05, 3.63) is 71.5 Å². The van der Waals surface area contributed by atoms with Crippen LogP contribution >= 0.6 is 0 Å². The molecule has 270 valence electrons. The van der Waals surface area contributed by atoms with Gasteiger partial charge in [-0.15, -0.1) is 5.10 Å². The Morgan fingerprint density at radius 3 is 1.90 bits per heavy atom. The minimum absolute atomic E-state index is 0.0551. The molecule has 2 aromatic carbocycles. The molecule has 51 heavy (non-hydrogen) atoms. The first-order valence-electron chi connectivity index (χ1n) is 15.8. The maximum absolute atomic E-state index is 13.4. The molecular weight excluding hydrogens is 672 g/mol. The van der Waals surface area contributed by atoms with Gasteiger partial charge in [-0.25, -0.2) is 9.48 Å². The highest BCUT2D eigenvalue weighted by atomic mass is 16.7. The van der Waals surface area contributed by atoms with Crippen LogP contribution in [0.1, 0.15) is 56.7 Å². The minimum Gasteiger partial charge on any atom is -0.480 e. The zero-order valence-electron chi connectivity index (χ0n) is 28.1. The van der Waals surface area contributed by atoms with Crippen molar-refractivity contribution in [2.24, 2.45) is 0 Å². The number of fused-ring (bicyclic) bond motifs is 3. The van der Waals surface area contributed by atoms with Crippen LogP contribution in [0.5, 0.6) is 0 Å². The molecule has 1 saturated heterocycles. The number of hydrogen-bond acceptors (Lipinski definition) is 14. The Kier molecular flexibility index (Phi) is 11.3. The highest BCUT2D eigenvalue weighted by Gasteiger charge is 2.53. The summed E-state index contributed by atoms with van der Waals surface area (Å²) in [5, 5.41) is 17.7. The lowest BCUT2D eigenvalue weighted by Crippen LogP contribution is -2.60. The Morgan fingerprint density at radius 2 is 1.33 bits per heavy atom. The van der Waals surface area contributed by atoms with E-state index < -0.39 is 79.7 Å². The van der Waals surface area contributed by atoms with Crippen molar-refractivity contribution in [2.45, 2.75) is 70.8 Å². The number of amides is 1. The summed E-state index contributed by atoms with van der Waals surface area (Å²) < 4.78 is 34.3. The molecule has 0 spiro atoms. The van der Waals surface area contributed by atoms with Gasteiger partial charge in [-0.05, 0) is 22.3 Å². The van der Waals surface area contributed by atoms with Crippen LogP contribution in [0.2, 0.25) is 0 Å². The highest BCUT2D eigenvalue weighted by molar-refractivity contribution is 5.80. The number of benzene rings is 2. The number of carboxylic acids is 1. The van der Waals surface area contributed by atoms with Gasteiger partial charge in [0.1, 0.15) is 31.6 Å². The Bertz CT molecular complexity index is 1760. The molecule has 1 aliphatic carbocycles. The van der Waals surface area contributed by atoms with Crippen molar-refractivity contribution in [2.75, 3.05) is 19.8 Å². The van der Waals surface area contributed by atoms with Crippen LogP contribution in [0.25, 0.3) is 11.1 Å². The molecule has 1 aromatic heterocycles. The minimum atomic E-state index is -1.46. The standard InChI is InChI=1S/C34H36N4O13/c1-18(39)46-17-28-30(48-19(2)40)31(49-20(3)41)32(50-21(4)42)33(51-28)38-14-22(35-36-38)13-37(15-29(43)44)34(45)47-16-27-25-11-7-5-9-23(25)24-10-6-8-12-26(24)27/h5-12,14,27-28,30-33H,13,15-17H2,1-4H3,(H,43,44)/t28?,30-,31?,32?,33+/m0/s1. The third-order valence-corrected chi connectivity index (χ3v) is 8.06. The summed E-state index contributed by atoms with van der Waals surface area (Å²) in [4.78, 5) is 74.1. The zero-order chi connectivity index (χ0) is 36.8. The van der Waals surface area contributed by atoms with E-state index in [1.165, 1.54) is 6.20 Å². The van der Waals surface area contributed by atoms with Gasteiger partial charge in [0.2, 0.25) is 0 Å². The predicted octanol–water partition coefficient (Wildman–Crippen LogP) is 2.37. The zero-order valence-corrected chi connectivity index (χ0v) is 28.1. The molecule has 2 aliphatic rings. The molecule has 1 aliphatic heterocycles. The van der Waals surface area contributed by atoms with Crippen molar-refractivity contribution in [1.82, 2.24) is 19.9 Å². The van der Waals surface area contributed by atoms with Crippen LogP contribution < -0.4 is 0 Å². The molecule has 17 nitrogen and oxygen atoms in total. The molecule has 2 heterocycles. The second kappa shape index (κ2) is 15.8. The third-order valence-electron chi connectivity index (χ3n) is 8.06. The first-order valence-corrected chi connectivity index (χ1v) is 15.8. The number of hydrogen-bond donors (Lipinski definition) is 1. The number of nitrogens with zero attached hydrogens (tertiary/aromatic N) is 4. The van der Waals surface area contributed by atoms with Crippen LogP contribution in [-0.2, 0) is 58.9 Å². The molecule has 5 rings (SSSR count). The molecule has 5 atom stereocenters. The van der Waals surface area contributed by atoms with E-state index in [0.29, 0.717) is 0 Å².